The number of rotatable bonds is 4. The fourth-order valence-electron chi connectivity index (χ4n) is 2.89. The predicted octanol–water partition coefficient (Wildman–Crippen LogP) is 4.72. The van der Waals surface area contributed by atoms with Crippen molar-refractivity contribution in [3.63, 3.8) is 0 Å². The van der Waals surface area contributed by atoms with Gasteiger partial charge in [0.1, 0.15) is 5.76 Å². The maximum absolute atomic E-state index is 5.53. The minimum atomic E-state index is 0.402. The van der Waals surface area contributed by atoms with Crippen LogP contribution in [0.4, 0.5) is 5.69 Å². The molecule has 1 heterocycles. The summed E-state index contributed by atoms with van der Waals surface area (Å²) in [6.45, 7) is 2.22. The summed E-state index contributed by atoms with van der Waals surface area (Å²) < 4.78 is 5.53. The van der Waals surface area contributed by atoms with E-state index in [9.17, 15) is 0 Å². The summed E-state index contributed by atoms with van der Waals surface area (Å²) in [6.07, 6.45) is 7.64. The normalized spacial score (nSPS) is 18.1. The van der Waals surface area contributed by atoms with Gasteiger partial charge in [-0.1, -0.05) is 25.5 Å². The summed E-state index contributed by atoms with van der Waals surface area (Å²) in [4.78, 5) is 0. The van der Waals surface area contributed by atoms with Crippen LogP contribution in [0.5, 0.6) is 0 Å². The van der Waals surface area contributed by atoms with E-state index in [4.69, 9.17) is 4.42 Å². The first-order chi connectivity index (χ1) is 9.36. The fraction of sp³-hybridized carbons (Fsp3) is 0.412. The van der Waals surface area contributed by atoms with Gasteiger partial charge >= 0.3 is 0 Å². The third-order valence-electron chi connectivity index (χ3n) is 3.89. The molecular formula is C17H21NO. The van der Waals surface area contributed by atoms with Crippen molar-refractivity contribution < 1.29 is 4.42 Å². The molecule has 0 amide bonds. The molecule has 0 radical (unpaired) electrons. The van der Waals surface area contributed by atoms with Gasteiger partial charge in [-0.2, -0.15) is 0 Å². The second-order valence-electron chi connectivity index (χ2n) is 5.34. The van der Waals surface area contributed by atoms with Gasteiger partial charge < -0.3 is 9.73 Å². The Morgan fingerprint density at radius 2 is 2.05 bits per heavy atom. The molecule has 1 N–H and O–H groups in total. The van der Waals surface area contributed by atoms with Crippen LogP contribution in [-0.2, 0) is 12.8 Å². The smallest absolute Gasteiger partial charge is 0.109 e. The van der Waals surface area contributed by atoms with Crippen LogP contribution in [0.15, 0.2) is 41.0 Å². The average Bonchev–Trinajstić information content (AvgIpc) is 2.91. The second-order valence-corrected chi connectivity index (χ2v) is 5.34. The van der Waals surface area contributed by atoms with Crippen LogP contribution in [0.2, 0.25) is 0 Å². The molecule has 0 saturated carbocycles. The Kier molecular flexibility index (Phi) is 3.58. The van der Waals surface area contributed by atoms with Gasteiger partial charge in [0.05, 0.1) is 12.3 Å². The van der Waals surface area contributed by atoms with E-state index in [1.807, 2.05) is 6.26 Å². The van der Waals surface area contributed by atoms with Crippen LogP contribution < -0.4 is 5.32 Å². The number of nitrogens with one attached hydrogen (secondary N) is 1. The minimum Gasteiger partial charge on any atom is -0.469 e. The third-order valence-corrected chi connectivity index (χ3v) is 3.89. The maximum atomic E-state index is 5.53. The summed E-state index contributed by atoms with van der Waals surface area (Å²) in [7, 11) is 0. The molecule has 1 aromatic carbocycles. The first-order valence-electron chi connectivity index (χ1n) is 7.28. The van der Waals surface area contributed by atoms with Gasteiger partial charge in [0.15, 0.2) is 0 Å². The molecule has 1 atom stereocenters. The van der Waals surface area contributed by atoms with E-state index in [0.29, 0.717) is 6.04 Å². The highest BCUT2D eigenvalue weighted by atomic mass is 16.3. The van der Waals surface area contributed by atoms with Crippen LogP contribution in [0, 0.1) is 0 Å². The molecule has 2 nitrogen and oxygen atoms in total. The maximum Gasteiger partial charge on any atom is 0.109 e. The van der Waals surface area contributed by atoms with E-state index in [0.717, 1.165) is 18.6 Å². The predicted molar refractivity (Wildman–Crippen MR) is 78.4 cm³/mol. The Bertz CT molecular complexity index is 526. The lowest BCUT2D eigenvalue weighted by atomic mass is 9.93. The zero-order valence-electron chi connectivity index (χ0n) is 11.5. The van der Waals surface area contributed by atoms with Crippen molar-refractivity contribution in [2.75, 3.05) is 5.32 Å². The number of anilines is 1. The molecule has 0 fully saturated rings. The van der Waals surface area contributed by atoms with E-state index >= 15 is 0 Å². The molecule has 1 aliphatic carbocycles. The lowest BCUT2D eigenvalue weighted by Gasteiger charge is -2.23. The summed E-state index contributed by atoms with van der Waals surface area (Å²) in [5, 5.41) is 3.63. The largest absolute Gasteiger partial charge is 0.469 e. The van der Waals surface area contributed by atoms with Gasteiger partial charge in [-0.15, -0.1) is 0 Å². The molecule has 2 heteroatoms. The molecule has 0 spiro atoms. The molecular weight excluding hydrogens is 234 g/mol. The molecule has 1 unspecified atom stereocenters. The van der Waals surface area contributed by atoms with Crippen molar-refractivity contribution in [2.45, 2.75) is 45.1 Å². The number of hydrogen-bond acceptors (Lipinski definition) is 2. The Morgan fingerprint density at radius 3 is 2.84 bits per heavy atom. The van der Waals surface area contributed by atoms with Crippen molar-refractivity contribution in [3.05, 3.63) is 53.5 Å². The van der Waals surface area contributed by atoms with Crippen molar-refractivity contribution in [1.29, 1.82) is 0 Å². The number of aryl methyl sites for hydroxylation is 2. The standard InChI is InChI=1S/C17H21NO/c1-2-4-13-7-9-14(10-8-13)18-16-5-3-6-17-15(16)11-12-19-17/h7-12,16,18H,2-6H2,1H3. The van der Waals surface area contributed by atoms with Gasteiger partial charge in [0, 0.05) is 17.7 Å². The van der Waals surface area contributed by atoms with Gasteiger partial charge in [-0.3, -0.25) is 0 Å². The van der Waals surface area contributed by atoms with Crippen molar-refractivity contribution in [2.24, 2.45) is 0 Å². The molecule has 1 aliphatic rings. The van der Waals surface area contributed by atoms with Gasteiger partial charge in [-0.05, 0) is 43.0 Å². The van der Waals surface area contributed by atoms with E-state index in [2.05, 4.69) is 42.6 Å². The Labute approximate surface area is 114 Å². The Hall–Kier alpha value is -1.70. The highest BCUT2D eigenvalue weighted by Gasteiger charge is 2.22. The molecule has 0 bridgehead atoms. The Balaban J connectivity index is 1.72. The molecule has 0 saturated heterocycles. The summed E-state index contributed by atoms with van der Waals surface area (Å²) in [5.41, 5.74) is 3.96. The fourth-order valence-corrected chi connectivity index (χ4v) is 2.89. The molecule has 3 rings (SSSR count). The van der Waals surface area contributed by atoms with Gasteiger partial charge in [0.2, 0.25) is 0 Å². The summed E-state index contributed by atoms with van der Waals surface area (Å²) in [5.74, 6) is 1.16. The lowest BCUT2D eigenvalue weighted by Crippen LogP contribution is -2.15. The van der Waals surface area contributed by atoms with Crippen LogP contribution >= 0.6 is 0 Å². The van der Waals surface area contributed by atoms with Crippen LogP contribution in [0.1, 0.15) is 49.1 Å². The second kappa shape index (κ2) is 5.52. The molecule has 1 aromatic heterocycles. The SMILES string of the molecule is CCCc1ccc(NC2CCCc3occc32)cc1. The topological polar surface area (TPSA) is 25.2 Å². The van der Waals surface area contributed by atoms with Crippen molar-refractivity contribution in [3.8, 4) is 0 Å². The zero-order chi connectivity index (χ0) is 13.1. The molecule has 100 valence electrons. The zero-order valence-corrected chi connectivity index (χ0v) is 11.5. The highest BCUT2D eigenvalue weighted by molar-refractivity contribution is 5.47. The van der Waals surface area contributed by atoms with Crippen molar-refractivity contribution in [1.82, 2.24) is 0 Å². The monoisotopic (exact) mass is 255 g/mol. The van der Waals surface area contributed by atoms with E-state index in [1.165, 1.54) is 36.1 Å². The van der Waals surface area contributed by atoms with Gasteiger partial charge in [0.25, 0.3) is 0 Å². The number of benzene rings is 1. The quantitative estimate of drug-likeness (QED) is 0.855. The average molecular weight is 255 g/mol. The molecule has 0 aliphatic heterocycles. The summed E-state index contributed by atoms with van der Waals surface area (Å²) >= 11 is 0. The number of furan rings is 1. The van der Waals surface area contributed by atoms with Crippen LogP contribution in [0.3, 0.4) is 0 Å². The van der Waals surface area contributed by atoms with E-state index in [1.54, 1.807) is 0 Å². The lowest BCUT2D eigenvalue weighted by molar-refractivity contribution is 0.461. The van der Waals surface area contributed by atoms with Crippen molar-refractivity contribution >= 4 is 5.69 Å². The minimum absolute atomic E-state index is 0.402. The van der Waals surface area contributed by atoms with E-state index < -0.39 is 0 Å². The van der Waals surface area contributed by atoms with E-state index in [-0.39, 0.29) is 0 Å². The first kappa shape index (κ1) is 12.3. The summed E-state index contributed by atoms with van der Waals surface area (Å²) in [6, 6.07) is 11.4. The highest BCUT2D eigenvalue weighted by Crippen LogP contribution is 2.33. The Morgan fingerprint density at radius 1 is 1.21 bits per heavy atom. The van der Waals surface area contributed by atoms with Crippen LogP contribution in [0.25, 0.3) is 0 Å². The first-order valence-corrected chi connectivity index (χ1v) is 7.28. The van der Waals surface area contributed by atoms with Crippen LogP contribution in [-0.4, -0.2) is 0 Å². The molecule has 19 heavy (non-hydrogen) atoms. The molecule has 2 aromatic rings. The third kappa shape index (κ3) is 2.67. The number of hydrogen-bond donors (Lipinski definition) is 1. The van der Waals surface area contributed by atoms with Gasteiger partial charge in [-0.25, -0.2) is 0 Å². The number of fused-ring (bicyclic) bond motifs is 1.